The maximum absolute atomic E-state index is 3.63. The van der Waals surface area contributed by atoms with E-state index in [1.165, 1.54) is 90.0 Å². The van der Waals surface area contributed by atoms with Crippen LogP contribution in [-0.2, 0) is 0 Å². The van der Waals surface area contributed by atoms with Crippen molar-refractivity contribution in [2.24, 2.45) is 0 Å². The fourth-order valence-electron chi connectivity index (χ4n) is 4.90. The number of hydrogen-bond donors (Lipinski definition) is 1. The molecule has 3 nitrogen and oxygen atoms in total. The summed E-state index contributed by atoms with van der Waals surface area (Å²) in [5, 5.41) is 6.16. The van der Waals surface area contributed by atoms with E-state index >= 15 is 0 Å². The molecule has 0 radical (unpaired) electrons. The zero-order valence-electron chi connectivity index (χ0n) is 19.2. The molecule has 0 amide bonds. The van der Waals surface area contributed by atoms with Crippen molar-refractivity contribution in [3.05, 3.63) is 72.9 Å². The molecular weight excluding hydrogens is 390 g/mol. The third-order valence-electron chi connectivity index (χ3n) is 6.67. The quantitative estimate of drug-likeness (QED) is 0.181. The lowest BCUT2D eigenvalue weighted by Crippen LogP contribution is -2.19. The highest BCUT2D eigenvalue weighted by Crippen LogP contribution is 2.22. The number of aromatic nitrogens is 2. The van der Waals surface area contributed by atoms with Crippen molar-refractivity contribution in [2.75, 3.05) is 11.9 Å². The standard InChI is InChI=1S/C29H34N3/c1-2-3-4-5-6-7-8-11-20-30-25-16-18-27-24(21-25)15-19-29-31(27)22-26-17-14-23-12-9-10-13-28(23)32(26)29/h9-10,12-19,21-22,30H,2-8,11,20H2,1H3/q+1. The molecule has 1 N–H and O–H groups in total. The molecule has 0 unspecified atom stereocenters. The summed E-state index contributed by atoms with van der Waals surface area (Å²) in [7, 11) is 0. The van der Waals surface area contributed by atoms with Crippen molar-refractivity contribution in [3.63, 3.8) is 0 Å². The smallest absolute Gasteiger partial charge is 0.292 e. The molecule has 3 heteroatoms. The fourth-order valence-corrected chi connectivity index (χ4v) is 4.90. The molecule has 5 aromatic rings. The zero-order chi connectivity index (χ0) is 21.8. The highest BCUT2D eigenvalue weighted by molar-refractivity contribution is 5.86. The van der Waals surface area contributed by atoms with Crippen LogP contribution in [0.1, 0.15) is 58.3 Å². The monoisotopic (exact) mass is 424 g/mol. The fraction of sp³-hybridized carbons (Fsp3) is 0.345. The summed E-state index contributed by atoms with van der Waals surface area (Å²) in [6.07, 6.45) is 13.1. The van der Waals surface area contributed by atoms with Gasteiger partial charge in [0.2, 0.25) is 0 Å². The van der Waals surface area contributed by atoms with Crippen LogP contribution in [-0.4, -0.2) is 10.9 Å². The van der Waals surface area contributed by atoms with Gasteiger partial charge in [0.05, 0.1) is 0 Å². The third kappa shape index (κ3) is 4.17. The average Bonchev–Trinajstić information content (AvgIpc) is 3.22. The van der Waals surface area contributed by atoms with Gasteiger partial charge in [0.15, 0.2) is 5.52 Å². The van der Waals surface area contributed by atoms with Gasteiger partial charge in [-0.3, -0.25) is 0 Å². The average molecular weight is 425 g/mol. The summed E-state index contributed by atoms with van der Waals surface area (Å²) in [6, 6.07) is 24.3. The number of nitrogens with zero attached hydrogens (tertiary/aromatic N) is 2. The van der Waals surface area contributed by atoms with Crippen LogP contribution in [0.4, 0.5) is 5.69 Å². The second-order valence-corrected chi connectivity index (χ2v) is 9.02. The van der Waals surface area contributed by atoms with Crippen molar-refractivity contribution in [1.82, 2.24) is 4.40 Å². The van der Waals surface area contributed by atoms with Crippen LogP contribution in [0.2, 0.25) is 0 Å². The molecule has 0 aliphatic heterocycles. The summed E-state index contributed by atoms with van der Waals surface area (Å²) in [6.45, 7) is 3.33. The Hall–Kier alpha value is -3.07. The van der Waals surface area contributed by atoms with E-state index < -0.39 is 0 Å². The van der Waals surface area contributed by atoms with E-state index in [1.54, 1.807) is 0 Å². The Kier molecular flexibility index (Phi) is 6.24. The summed E-state index contributed by atoms with van der Waals surface area (Å²) >= 11 is 0. The molecule has 0 bridgehead atoms. The van der Waals surface area contributed by atoms with Gasteiger partial charge < -0.3 is 5.32 Å². The van der Waals surface area contributed by atoms with Gasteiger partial charge >= 0.3 is 0 Å². The number of imidazole rings is 1. The van der Waals surface area contributed by atoms with Crippen LogP contribution in [0.25, 0.3) is 33.0 Å². The largest absolute Gasteiger partial charge is 0.385 e. The number of pyridine rings is 2. The minimum atomic E-state index is 1.05. The molecule has 0 saturated heterocycles. The lowest BCUT2D eigenvalue weighted by molar-refractivity contribution is -0.479. The molecule has 32 heavy (non-hydrogen) atoms. The van der Waals surface area contributed by atoms with E-state index in [4.69, 9.17) is 0 Å². The number of rotatable bonds is 10. The zero-order valence-corrected chi connectivity index (χ0v) is 19.2. The number of unbranched alkanes of at least 4 members (excludes halogenated alkanes) is 7. The molecule has 0 spiro atoms. The molecule has 0 atom stereocenters. The first kappa shape index (κ1) is 20.8. The van der Waals surface area contributed by atoms with Crippen molar-refractivity contribution in [3.8, 4) is 0 Å². The number of nitrogens with one attached hydrogen (secondary N) is 1. The third-order valence-corrected chi connectivity index (χ3v) is 6.67. The maximum Gasteiger partial charge on any atom is 0.292 e. The molecule has 2 aromatic carbocycles. The molecule has 0 fully saturated rings. The Morgan fingerprint density at radius 3 is 2.41 bits per heavy atom. The van der Waals surface area contributed by atoms with Crippen LogP contribution in [0, 0.1) is 0 Å². The summed E-state index contributed by atoms with van der Waals surface area (Å²) < 4.78 is 4.67. The Morgan fingerprint density at radius 1 is 0.750 bits per heavy atom. The predicted octanol–water partition coefficient (Wildman–Crippen LogP) is 7.54. The van der Waals surface area contributed by atoms with Gasteiger partial charge in [-0.05, 0) is 48.9 Å². The van der Waals surface area contributed by atoms with Crippen LogP contribution < -0.4 is 9.72 Å². The number of para-hydroxylation sites is 1. The van der Waals surface area contributed by atoms with Crippen LogP contribution in [0.5, 0.6) is 0 Å². The first-order valence-electron chi connectivity index (χ1n) is 12.4. The van der Waals surface area contributed by atoms with E-state index in [-0.39, 0.29) is 0 Å². The van der Waals surface area contributed by atoms with E-state index in [0.29, 0.717) is 0 Å². The van der Waals surface area contributed by atoms with E-state index in [1.807, 2.05) is 0 Å². The van der Waals surface area contributed by atoms with Gasteiger partial charge in [0.1, 0.15) is 17.2 Å². The Bertz CT molecular complexity index is 1350. The van der Waals surface area contributed by atoms with Gasteiger partial charge in [-0.1, -0.05) is 70.1 Å². The summed E-state index contributed by atoms with van der Waals surface area (Å²) in [4.78, 5) is 0. The Labute approximate surface area is 190 Å². The minimum Gasteiger partial charge on any atom is -0.385 e. The Morgan fingerprint density at radius 2 is 1.53 bits per heavy atom. The van der Waals surface area contributed by atoms with Gasteiger partial charge in [-0.2, -0.15) is 8.80 Å². The number of fused-ring (bicyclic) bond motifs is 7. The van der Waals surface area contributed by atoms with Crippen LogP contribution >= 0.6 is 0 Å². The second-order valence-electron chi connectivity index (χ2n) is 9.02. The second kappa shape index (κ2) is 9.60. The molecule has 164 valence electrons. The predicted molar refractivity (Wildman–Crippen MR) is 137 cm³/mol. The van der Waals surface area contributed by atoms with Gasteiger partial charge in [0.25, 0.3) is 5.65 Å². The number of hydrogen-bond acceptors (Lipinski definition) is 1. The highest BCUT2D eigenvalue weighted by atomic mass is 15.1. The lowest BCUT2D eigenvalue weighted by Gasteiger charge is -2.07. The first-order valence-corrected chi connectivity index (χ1v) is 12.4. The maximum atomic E-state index is 3.63. The molecule has 0 saturated carbocycles. The molecule has 0 aliphatic carbocycles. The van der Waals surface area contributed by atoms with Crippen LogP contribution in [0.15, 0.2) is 72.9 Å². The normalized spacial score (nSPS) is 11.8. The SMILES string of the molecule is CCCCCCCCCCNc1ccc2c(ccc3n4c(ccc5ccccc54)c[n+]23)c1. The van der Waals surface area contributed by atoms with E-state index in [2.05, 4.69) is 94.0 Å². The van der Waals surface area contributed by atoms with Crippen molar-refractivity contribution in [1.29, 1.82) is 0 Å². The molecule has 0 aliphatic rings. The minimum absolute atomic E-state index is 1.05. The van der Waals surface area contributed by atoms with E-state index in [9.17, 15) is 0 Å². The number of anilines is 1. The molecule has 3 aromatic heterocycles. The molecule has 5 rings (SSSR count). The van der Waals surface area contributed by atoms with Gasteiger partial charge in [-0.25, -0.2) is 0 Å². The van der Waals surface area contributed by atoms with Crippen molar-refractivity contribution >= 4 is 38.7 Å². The first-order chi connectivity index (χ1) is 15.8. The van der Waals surface area contributed by atoms with Gasteiger partial charge in [-0.15, -0.1) is 0 Å². The molecule has 3 heterocycles. The molecular formula is C29H34N3+. The van der Waals surface area contributed by atoms with E-state index in [0.717, 1.165) is 6.54 Å². The number of benzene rings is 2. The van der Waals surface area contributed by atoms with Crippen molar-refractivity contribution in [2.45, 2.75) is 58.3 Å². The van der Waals surface area contributed by atoms with Crippen LogP contribution in [0.3, 0.4) is 0 Å². The Balaban J connectivity index is 1.30. The summed E-state index contributed by atoms with van der Waals surface area (Å²) in [5.74, 6) is 0. The highest BCUT2D eigenvalue weighted by Gasteiger charge is 2.16. The van der Waals surface area contributed by atoms with Gasteiger partial charge in [0, 0.05) is 29.1 Å². The lowest BCUT2D eigenvalue weighted by atomic mass is 10.1. The topological polar surface area (TPSA) is 20.5 Å². The summed E-state index contributed by atoms with van der Waals surface area (Å²) in [5.41, 5.74) is 6.12. The van der Waals surface area contributed by atoms with Crippen molar-refractivity contribution < 1.29 is 4.40 Å².